The Labute approximate surface area is 452 Å². The van der Waals surface area contributed by atoms with E-state index >= 15 is 0 Å². The van der Waals surface area contributed by atoms with Crippen LogP contribution in [0.15, 0.2) is 0 Å². The van der Waals surface area contributed by atoms with Crippen LogP contribution in [0.5, 0.6) is 0 Å². The zero-order chi connectivity index (χ0) is 56.4. The zero-order valence-corrected chi connectivity index (χ0v) is 47.7. The molecule has 11 N–H and O–H groups in total. The van der Waals surface area contributed by atoms with Crippen LogP contribution < -0.4 is 10.6 Å². The maximum Gasteiger partial charge on any atom is 0.472 e. The molecule has 76 heavy (non-hydrogen) atoms. The summed E-state index contributed by atoms with van der Waals surface area (Å²) in [6.07, 6.45) is 10.8. The van der Waals surface area contributed by atoms with E-state index in [1.807, 2.05) is 0 Å². The number of amides is 2. The van der Waals surface area contributed by atoms with E-state index in [0.717, 1.165) is 89.9 Å². The maximum atomic E-state index is 13.9. The summed E-state index contributed by atoms with van der Waals surface area (Å²) >= 11 is 0. The van der Waals surface area contributed by atoms with Gasteiger partial charge in [-0.1, -0.05) is 181 Å². The third-order valence-electron chi connectivity index (χ3n) is 14.0. The van der Waals surface area contributed by atoms with Crippen LogP contribution >= 0.6 is 15.6 Å². The highest BCUT2D eigenvalue weighted by atomic mass is 31.2. The standard InChI is InChI=1S/C52H100N2O20P2/c1-4-7-10-13-16-19-22-25-28-31-38(56)34-42(57)53-45-48(61)47(60)41(72-52(45)74-76(66,67)68)37-69-51-46(49(62)50(40(36-55)71-51)73-75(63,64)65)54-43(58)35-39(32-29-26-23-20-17-14-11-8-5-2)70-44(59)33-30-27-24-21-18-15-12-9-6-3/h38-41,45-52,55-56,60-62H,4-37H2,1-3H3,(H,53,57)(H,54,58)(H2,63,64,65)(H2,66,67,68)/t38-,39-,40?,41?,45?,46?,47-,48-,49-,50-,51-,52-/m1/s1. The van der Waals surface area contributed by atoms with Gasteiger partial charge in [-0.3, -0.25) is 23.4 Å². The second kappa shape index (κ2) is 40.5. The fourth-order valence-corrected chi connectivity index (χ4v) is 10.7. The molecular formula is C52H100N2O20P2. The zero-order valence-electron chi connectivity index (χ0n) is 45.9. The largest absolute Gasteiger partial charge is 0.472 e. The van der Waals surface area contributed by atoms with E-state index in [4.69, 9.17) is 28.0 Å². The molecule has 12 atom stereocenters. The van der Waals surface area contributed by atoms with Crippen molar-refractivity contribution in [2.75, 3.05) is 13.2 Å². The van der Waals surface area contributed by atoms with E-state index in [9.17, 15) is 68.6 Å². The molecule has 0 spiro atoms. The molecule has 0 bridgehead atoms. The van der Waals surface area contributed by atoms with Crippen LogP contribution in [0.3, 0.4) is 0 Å². The van der Waals surface area contributed by atoms with Gasteiger partial charge < -0.3 is 74.7 Å². The third kappa shape index (κ3) is 31.3. The number of hydrogen-bond donors (Lipinski definition) is 11. The predicted molar refractivity (Wildman–Crippen MR) is 283 cm³/mol. The van der Waals surface area contributed by atoms with Gasteiger partial charge in [0.1, 0.15) is 54.8 Å². The normalized spacial score (nSPS) is 25.0. The molecule has 4 unspecified atom stereocenters. The topological polar surface area (TPSA) is 347 Å². The van der Waals surface area contributed by atoms with Gasteiger partial charge in [-0.25, -0.2) is 9.13 Å². The minimum Gasteiger partial charge on any atom is -0.462 e. The quantitative estimate of drug-likeness (QED) is 0.0168. The second-order valence-electron chi connectivity index (χ2n) is 20.9. The molecule has 0 radical (unpaired) electrons. The Bertz CT molecular complexity index is 1640. The predicted octanol–water partition coefficient (Wildman–Crippen LogP) is 6.90. The van der Waals surface area contributed by atoms with Crippen LogP contribution in [0.4, 0.5) is 0 Å². The van der Waals surface area contributed by atoms with E-state index in [2.05, 4.69) is 31.4 Å². The Morgan fingerprint density at radius 3 is 1.42 bits per heavy atom. The number of ether oxygens (including phenoxy) is 4. The third-order valence-corrected chi connectivity index (χ3v) is 15.0. The van der Waals surface area contributed by atoms with E-state index in [1.54, 1.807) is 0 Å². The number of hydrogen-bond acceptors (Lipinski definition) is 16. The molecule has 0 aliphatic carbocycles. The molecule has 0 aromatic carbocycles. The van der Waals surface area contributed by atoms with Crippen molar-refractivity contribution < 1.29 is 96.6 Å². The first-order valence-electron chi connectivity index (χ1n) is 28.7. The molecule has 0 saturated carbocycles. The van der Waals surface area contributed by atoms with E-state index < -0.39 is 133 Å². The van der Waals surface area contributed by atoms with Crippen molar-refractivity contribution in [1.82, 2.24) is 10.6 Å². The lowest BCUT2D eigenvalue weighted by atomic mass is 9.95. The smallest absolute Gasteiger partial charge is 0.462 e. The molecule has 0 aromatic rings. The molecule has 2 heterocycles. The van der Waals surface area contributed by atoms with Crippen molar-refractivity contribution >= 4 is 33.4 Å². The molecule has 2 aliphatic rings. The monoisotopic (exact) mass is 1130 g/mol. The summed E-state index contributed by atoms with van der Waals surface area (Å²) in [6.45, 7) is 4.65. The molecule has 2 aliphatic heterocycles. The van der Waals surface area contributed by atoms with Gasteiger partial charge in [0, 0.05) is 6.42 Å². The maximum absolute atomic E-state index is 13.9. The number of carbonyl (C=O) groups is 3. The highest BCUT2D eigenvalue weighted by molar-refractivity contribution is 7.46. The number of aliphatic hydroxyl groups excluding tert-OH is 5. The van der Waals surface area contributed by atoms with Gasteiger partial charge in [0.25, 0.3) is 0 Å². The van der Waals surface area contributed by atoms with Crippen LogP contribution in [0.2, 0.25) is 0 Å². The summed E-state index contributed by atoms with van der Waals surface area (Å²) in [7, 11) is -10.8. The van der Waals surface area contributed by atoms with E-state index in [1.165, 1.54) is 64.2 Å². The first kappa shape index (κ1) is 70.4. The SMILES string of the molecule is CCCCCCCCCCCC(=O)O[C@H](CCCCCCCCCCC)CC(=O)NC1[C@H](OCC2O[C@H](OP(=O)(O)O)C(NC(=O)C[C@H](O)CCCCCCCCCCC)[C@@H](O)[C@@H]2O)OC(CO)[C@@H](OP(=O)(O)O)[C@@H]1O. The van der Waals surface area contributed by atoms with Crippen molar-refractivity contribution in [3.63, 3.8) is 0 Å². The lowest BCUT2D eigenvalue weighted by Gasteiger charge is -2.45. The highest BCUT2D eigenvalue weighted by Crippen LogP contribution is 2.43. The number of aliphatic hydroxyl groups is 5. The number of phosphoric ester groups is 2. The average molecular weight is 1140 g/mol. The number of unbranched alkanes of at least 4 members (excludes halogenated alkanes) is 24. The van der Waals surface area contributed by atoms with Gasteiger partial charge in [0.15, 0.2) is 12.6 Å². The highest BCUT2D eigenvalue weighted by Gasteiger charge is 2.52. The van der Waals surface area contributed by atoms with Gasteiger partial charge in [0.2, 0.25) is 11.8 Å². The molecular weight excluding hydrogens is 1030 g/mol. The van der Waals surface area contributed by atoms with Crippen LogP contribution in [0.1, 0.15) is 226 Å². The molecule has 0 aromatic heterocycles. The summed E-state index contributed by atoms with van der Waals surface area (Å²) in [5, 5.41) is 59.7. The molecule has 2 fully saturated rings. The molecule has 24 heteroatoms. The number of esters is 1. The molecule has 2 amide bonds. The fourth-order valence-electron chi connectivity index (χ4n) is 9.70. The Hall–Kier alpha value is -1.69. The summed E-state index contributed by atoms with van der Waals surface area (Å²) < 4.78 is 56.9. The number of rotatable bonds is 45. The Morgan fingerprint density at radius 1 is 0.526 bits per heavy atom. The first-order chi connectivity index (χ1) is 36.2. The summed E-state index contributed by atoms with van der Waals surface area (Å²) in [5.74, 6) is -2.11. The van der Waals surface area contributed by atoms with Crippen molar-refractivity contribution in [2.24, 2.45) is 0 Å². The van der Waals surface area contributed by atoms with Crippen molar-refractivity contribution in [1.29, 1.82) is 0 Å². The molecule has 2 saturated heterocycles. The average Bonchev–Trinajstić information content (AvgIpc) is 3.35. The van der Waals surface area contributed by atoms with Gasteiger partial charge in [0.05, 0.1) is 32.2 Å². The first-order valence-corrected chi connectivity index (χ1v) is 31.8. The number of nitrogens with one attached hydrogen (secondary N) is 2. The van der Waals surface area contributed by atoms with Crippen molar-refractivity contribution in [2.45, 2.75) is 300 Å². The van der Waals surface area contributed by atoms with Gasteiger partial charge in [-0.15, -0.1) is 0 Å². The van der Waals surface area contributed by atoms with Gasteiger partial charge >= 0.3 is 21.6 Å². The van der Waals surface area contributed by atoms with Crippen LogP contribution in [0.25, 0.3) is 0 Å². The van der Waals surface area contributed by atoms with Crippen molar-refractivity contribution in [3.05, 3.63) is 0 Å². The lowest BCUT2D eigenvalue weighted by molar-refractivity contribution is -0.294. The van der Waals surface area contributed by atoms with Gasteiger partial charge in [-0.05, 0) is 25.7 Å². The Kier molecular flexibility index (Phi) is 37.5. The summed E-state index contributed by atoms with van der Waals surface area (Å²) in [4.78, 5) is 79.0. The van der Waals surface area contributed by atoms with Gasteiger partial charge in [-0.2, -0.15) is 0 Å². The van der Waals surface area contributed by atoms with Crippen LogP contribution in [-0.4, -0.2) is 150 Å². The minimum absolute atomic E-state index is 0.153. The number of phosphoric acid groups is 2. The van der Waals surface area contributed by atoms with E-state index in [-0.39, 0.29) is 6.42 Å². The summed E-state index contributed by atoms with van der Waals surface area (Å²) in [5.41, 5.74) is 0. The van der Waals surface area contributed by atoms with Crippen LogP contribution in [-0.2, 0) is 51.5 Å². The molecule has 2 rings (SSSR count). The summed E-state index contributed by atoms with van der Waals surface area (Å²) in [6, 6.07) is -3.52. The van der Waals surface area contributed by atoms with Crippen molar-refractivity contribution in [3.8, 4) is 0 Å². The number of carbonyl (C=O) groups excluding carboxylic acids is 3. The fraction of sp³-hybridized carbons (Fsp3) is 0.942. The van der Waals surface area contributed by atoms with Crippen LogP contribution in [0, 0.1) is 0 Å². The Morgan fingerprint density at radius 2 is 0.947 bits per heavy atom. The Balaban J connectivity index is 2.20. The van der Waals surface area contributed by atoms with E-state index in [0.29, 0.717) is 32.1 Å². The second-order valence-corrected chi connectivity index (χ2v) is 23.3. The molecule has 448 valence electrons. The minimum atomic E-state index is -5.42. The lowest BCUT2D eigenvalue weighted by Crippen LogP contribution is -2.67. The molecule has 22 nitrogen and oxygen atoms in total.